The molecule has 1 atom stereocenters. The minimum atomic E-state index is -4.64. The molecule has 0 saturated heterocycles. The second kappa shape index (κ2) is 6.71. The van der Waals surface area contributed by atoms with Gasteiger partial charge in [0.1, 0.15) is 11.4 Å². The number of carbonyl (C=O) groups excluding carboxylic acids is 1. The van der Waals surface area contributed by atoms with Crippen molar-refractivity contribution in [2.75, 3.05) is 5.32 Å². The summed E-state index contributed by atoms with van der Waals surface area (Å²) in [5.41, 5.74) is -0.780. The third-order valence-electron chi connectivity index (χ3n) is 5.16. The van der Waals surface area contributed by atoms with E-state index >= 15 is 0 Å². The molecule has 0 aliphatic heterocycles. The van der Waals surface area contributed by atoms with Crippen LogP contribution in [0.4, 0.5) is 27.6 Å². The maximum absolute atomic E-state index is 13.1. The second-order valence-corrected chi connectivity index (χ2v) is 7.77. The molecule has 0 spiro atoms. The zero-order chi connectivity index (χ0) is 21.8. The number of pyridine rings is 1. The Balaban J connectivity index is 1.69. The largest absolute Gasteiger partial charge is 0.433 e. The summed E-state index contributed by atoms with van der Waals surface area (Å²) in [6.07, 6.45) is -3.55. The van der Waals surface area contributed by atoms with E-state index in [-0.39, 0.29) is 11.3 Å². The third-order valence-corrected chi connectivity index (χ3v) is 5.16. The highest BCUT2D eigenvalue weighted by atomic mass is 19.4. The van der Waals surface area contributed by atoms with E-state index in [1.165, 1.54) is 16.8 Å². The van der Waals surface area contributed by atoms with E-state index in [1.54, 1.807) is 0 Å². The van der Waals surface area contributed by atoms with E-state index in [0.717, 1.165) is 18.5 Å². The molecule has 0 aromatic carbocycles. The number of hydrogen-bond donors (Lipinski definition) is 1. The van der Waals surface area contributed by atoms with Gasteiger partial charge in [-0.15, -0.1) is 0 Å². The number of fused-ring (bicyclic) bond motifs is 3. The molecule has 1 aliphatic rings. The first-order valence-corrected chi connectivity index (χ1v) is 8.98. The number of alkyl halides is 5. The molecule has 1 aliphatic carbocycles. The molecule has 11 heteroatoms. The summed E-state index contributed by atoms with van der Waals surface area (Å²) in [6, 6.07) is 2.02. The van der Waals surface area contributed by atoms with Gasteiger partial charge in [0.2, 0.25) is 5.91 Å². The maximum Gasteiger partial charge on any atom is 0.433 e. The predicted molar refractivity (Wildman–Crippen MR) is 96.2 cm³/mol. The number of rotatable bonds is 3. The van der Waals surface area contributed by atoms with Crippen LogP contribution in [0.25, 0.3) is 5.65 Å². The average Bonchev–Trinajstić information content (AvgIpc) is 3.20. The minimum Gasteiger partial charge on any atom is -0.325 e. The summed E-state index contributed by atoms with van der Waals surface area (Å²) in [5, 5.41) is 6.58. The van der Waals surface area contributed by atoms with Crippen molar-refractivity contribution in [2.45, 2.75) is 44.2 Å². The molecule has 3 aromatic heterocycles. The molecule has 6 nitrogen and oxygen atoms in total. The summed E-state index contributed by atoms with van der Waals surface area (Å²) in [6.45, 7) is 3.70. The number of amides is 1. The first-order chi connectivity index (χ1) is 14.0. The van der Waals surface area contributed by atoms with Crippen molar-refractivity contribution in [1.82, 2.24) is 19.6 Å². The lowest BCUT2D eigenvalue weighted by Gasteiger charge is -2.19. The van der Waals surface area contributed by atoms with Crippen LogP contribution in [-0.2, 0) is 16.4 Å². The number of carbonyl (C=O) groups is 1. The fourth-order valence-electron chi connectivity index (χ4n) is 3.88. The molecular formula is C19H16F5N5O. The number of nitrogens with one attached hydrogen (secondary N) is 1. The predicted octanol–water partition coefficient (Wildman–Crippen LogP) is 4.48. The Morgan fingerprint density at radius 3 is 2.73 bits per heavy atom. The van der Waals surface area contributed by atoms with Gasteiger partial charge in [-0.3, -0.25) is 9.78 Å². The van der Waals surface area contributed by atoms with Crippen LogP contribution < -0.4 is 5.32 Å². The van der Waals surface area contributed by atoms with Crippen LogP contribution in [0, 0.1) is 0 Å². The topological polar surface area (TPSA) is 72.2 Å². The second-order valence-electron chi connectivity index (χ2n) is 7.77. The van der Waals surface area contributed by atoms with E-state index in [2.05, 4.69) is 20.4 Å². The van der Waals surface area contributed by atoms with Crippen LogP contribution in [0.1, 0.15) is 55.1 Å². The van der Waals surface area contributed by atoms with Crippen molar-refractivity contribution in [1.29, 1.82) is 0 Å². The Morgan fingerprint density at radius 2 is 2.07 bits per heavy atom. The molecule has 4 rings (SSSR count). The highest BCUT2D eigenvalue weighted by Gasteiger charge is 2.43. The van der Waals surface area contributed by atoms with Crippen molar-refractivity contribution >= 4 is 17.2 Å². The van der Waals surface area contributed by atoms with Gasteiger partial charge in [0.05, 0.1) is 18.3 Å². The molecule has 1 amide bonds. The highest BCUT2D eigenvalue weighted by Crippen LogP contribution is 2.47. The molecule has 0 fully saturated rings. The van der Waals surface area contributed by atoms with E-state index in [4.69, 9.17) is 0 Å². The normalized spacial score (nSPS) is 18.1. The maximum atomic E-state index is 13.1. The summed E-state index contributed by atoms with van der Waals surface area (Å²) in [4.78, 5) is 20.1. The standard InChI is InChI=1S/C19H16F5N5O/c1-18(2)6-10(17(30)27-9-3-4-25-13(5-9)19(22,23)24)11-7-26-29-8-12(15(20)21)28-16(29)14(11)18/h3-5,7-8,10,15H,6H2,1-2H3,(H,25,27,30)/t10-/m1/s1. The van der Waals surface area contributed by atoms with Gasteiger partial charge in [-0.05, 0) is 29.5 Å². The van der Waals surface area contributed by atoms with E-state index in [0.29, 0.717) is 17.5 Å². The fourth-order valence-corrected chi connectivity index (χ4v) is 3.88. The van der Waals surface area contributed by atoms with Gasteiger partial charge in [0.15, 0.2) is 5.65 Å². The van der Waals surface area contributed by atoms with Gasteiger partial charge in [0, 0.05) is 17.4 Å². The van der Waals surface area contributed by atoms with Crippen molar-refractivity contribution in [3.05, 3.63) is 53.2 Å². The van der Waals surface area contributed by atoms with Gasteiger partial charge in [0.25, 0.3) is 6.43 Å². The number of aromatic nitrogens is 4. The van der Waals surface area contributed by atoms with Crippen molar-refractivity contribution < 1.29 is 26.7 Å². The first-order valence-electron chi connectivity index (χ1n) is 8.98. The smallest absolute Gasteiger partial charge is 0.325 e. The monoisotopic (exact) mass is 425 g/mol. The fraction of sp³-hybridized carbons (Fsp3) is 0.368. The van der Waals surface area contributed by atoms with E-state index < -0.39 is 41.2 Å². The number of imidazole rings is 1. The highest BCUT2D eigenvalue weighted by molar-refractivity contribution is 5.97. The van der Waals surface area contributed by atoms with Crippen molar-refractivity contribution in [3.63, 3.8) is 0 Å². The molecule has 1 N–H and O–H groups in total. The van der Waals surface area contributed by atoms with Crippen LogP contribution in [0.5, 0.6) is 0 Å². The molecular weight excluding hydrogens is 409 g/mol. The molecule has 30 heavy (non-hydrogen) atoms. The SMILES string of the molecule is CC1(C)C[C@@H](C(=O)Nc2ccnc(C(F)(F)F)c2)c2cnn3cc(C(F)F)nc3c21. The van der Waals surface area contributed by atoms with E-state index in [1.807, 2.05) is 13.8 Å². The average molecular weight is 425 g/mol. The Hall–Kier alpha value is -3.11. The zero-order valence-electron chi connectivity index (χ0n) is 15.8. The van der Waals surface area contributed by atoms with Crippen molar-refractivity contribution in [2.24, 2.45) is 0 Å². The van der Waals surface area contributed by atoms with Gasteiger partial charge in [-0.25, -0.2) is 18.3 Å². The number of anilines is 1. The molecule has 0 unspecified atom stereocenters. The summed E-state index contributed by atoms with van der Waals surface area (Å²) >= 11 is 0. The van der Waals surface area contributed by atoms with Gasteiger partial charge in [-0.1, -0.05) is 13.8 Å². The molecule has 0 saturated carbocycles. The lowest BCUT2D eigenvalue weighted by molar-refractivity contribution is -0.141. The number of halogens is 5. The lowest BCUT2D eigenvalue weighted by Crippen LogP contribution is -2.22. The van der Waals surface area contributed by atoms with Gasteiger partial charge < -0.3 is 5.32 Å². The Bertz CT molecular complexity index is 1140. The van der Waals surface area contributed by atoms with Crippen molar-refractivity contribution in [3.8, 4) is 0 Å². The first kappa shape index (κ1) is 20.2. The Labute approximate surface area is 167 Å². The summed E-state index contributed by atoms with van der Waals surface area (Å²) < 4.78 is 66.0. The van der Waals surface area contributed by atoms with E-state index in [9.17, 15) is 26.7 Å². The molecule has 0 radical (unpaired) electrons. The van der Waals surface area contributed by atoms with Crippen LogP contribution in [0.15, 0.2) is 30.7 Å². The Kier molecular flexibility index (Phi) is 4.51. The van der Waals surface area contributed by atoms with Crippen LogP contribution in [0.3, 0.4) is 0 Å². The molecule has 0 bridgehead atoms. The van der Waals surface area contributed by atoms with Gasteiger partial charge >= 0.3 is 6.18 Å². The van der Waals surface area contributed by atoms with Gasteiger partial charge in [-0.2, -0.15) is 18.3 Å². The number of nitrogens with zero attached hydrogens (tertiary/aromatic N) is 4. The van der Waals surface area contributed by atoms with Crippen LogP contribution in [-0.4, -0.2) is 25.5 Å². The molecule has 158 valence electrons. The number of hydrogen-bond acceptors (Lipinski definition) is 4. The molecule has 3 heterocycles. The molecule has 3 aromatic rings. The minimum absolute atomic E-state index is 0.0385. The Morgan fingerprint density at radius 1 is 1.33 bits per heavy atom. The lowest BCUT2D eigenvalue weighted by atomic mass is 9.86. The van der Waals surface area contributed by atoms with Crippen LogP contribution in [0.2, 0.25) is 0 Å². The zero-order valence-corrected chi connectivity index (χ0v) is 15.8. The third kappa shape index (κ3) is 3.37. The van der Waals surface area contributed by atoms with Crippen LogP contribution >= 0.6 is 0 Å². The quantitative estimate of drug-likeness (QED) is 0.628. The summed E-state index contributed by atoms with van der Waals surface area (Å²) in [7, 11) is 0. The summed E-state index contributed by atoms with van der Waals surface area (Å²) in [5.74, 6) is -1.24.